The second-order valence-corrected chi connectivity index (χ2v) is 25.9. The van der Waals surface area contributed by atoms with E-state index in [1.165, 1.54) is 42.3 Å². The Morgan fingerprint density at radius 3 is 2.15 bits per heavy atom. The molecule has 0 saturated heterocycles. The van der Waals surface area contributed by atoms with Gasteiger partial charge in [-0.15, -0.1) is 23.8 Å². The van der Waals surface area contributed by atoms with Crippen LogP contribution in [0.4, 0.5) is 4.39 Å². The summed E-state index contributed by atoms with van der Waals surface area (Å²) >= 11 is 0.0589. The van der Waals surface area contributed by atoms with Gasteiger partial charge >= 0.3 is 99.8 Å². The van der Waals surface area contributed by atoms with Gasteiger partial charge in [-0.2, -0.15) is 11.3 Å². The monoisotopic (exact) mass is 889 g/mol. The molecule has 48 heavy (non-hydrogen) atoms. The zero-order chi connectivity index (χ0) is 33.2. The van der Waals surface area contributed by atoms with E-state index in [1.807, 2.05) is 48.8 Å². The van der Waals surface area contributed by atoms with Gasteiger partial charge in [0.2, 0.25) is 0 Å². The summed E-state index contributed by atoms with van der Waals surface area (Å²) in [6.07, 6.45) is 4.95. The van der Waals surface area contributed by atoms with Gasteiger partial charge in [0.1, 0.15) is 5.82 Å². The molecule has 245 valence electrons. The Balaban J connectivity index is 0.000000224. The number of fused-ring (bicyclic) bond motifs is 3. The smallest absolute Gasteiger partial charge is 0 e. The molecule has 0 atom stereocenters. The van der Waals surface area contributed by atoms with Crippen LogP contribution in [0, 0.1) is 23.4 Å². The predicted molar refractivity (Wildman–Crippen MR) is 201 cm³/mol. The van der Waals surface area contributed by atoms with Crippen molar-refractivity contribution in [1.82, 2.24) is 9.97 Å². The molecule has 0 saturated carbocycles. The van der Waals surface area contributed by atoms with Crippen LogP contribution in [0.3, 0.4) is 0 Å². The zero-order valence-electron chi connectivity index (χ0n) is 28.2. The van der Waals surface area contributed by atoms with Gasteiger partial charge in [-0.1, -0.05) is 62.1 Å². The Bertz CT molecular complexity index is 2130. The molecule has 0 fully saturated rings. The molecule has 2 nitrogen and oxygen atoms in total. The molecule has 0 aliphatic heterocycles. The number of pyridine rings is 2. The molecule has 3 aromatic heterocycles. The third-order valence-corrected chi connectivity index (χ3v) is 13.4. The molecule has 6 heteroatoms. The first-order valence-electron chi connectivity index (χ1n) is 16.0. The molecule has 0 N–H and O–H groups in total. The molecule has 0 bridgehead atoms. The van der Waals surface area contributed by atoms with Crippen molar-refractivity contribution in [2.24, 2.45) is 5.41 Å². The Morgan fingerprint density at radius 2 is 1.48 bits per heavy atom. The van der Waals surface area contributed by atoms with E-state index in [-0.39, 0.29) is 31.3 Å². The average molecular weight is 888 g/mol. The fourth-order valence-electron chi connectivity index (χ4n) is 5.58. The summed E-state index contributed by atoms with van der Waals surface area (Å²) in [5, 5.41) is 2.43. The average Bonchev–Trinajstić information content (AvgIpc) is 3.42. The van der Waals surface area contributed by atoms with Crippen molar-refractivity contribution in [1.29, 1.82) is 0 Å². The molecular weight excluding hydrogens is 848 g/mol. The Hall–Kier alpha value is -3.48. The van der Waals surface area contributed by atoms with Crippen LogP contribution in [-0.4, -0.2) is 23.2 Å². The SMILES string of the molecule is CC(C)(C)Cc1ccnc(-c2[c-]cc3c(c2)sc2cc(-c4ccc(F)cc4)ccc23)c1.[CH3][Ge]([CH3])([CH3])[c]1ccc(-c2[c-]cccc2)nc1.[Ir]. The minimum Gasteiger partial charge on any atom is 0 e. The fraction of sp³-hybridized carbons (Fsp3) is 0.190. The van der Waals surface area contributed by atoms with Gasteiger partial charge in [0.05, 0.1) is 0 Å². The van der Waals surface area contributed by atoms with Gasteiger partial charge in [0.15, 0.2) is 0 Å². The minimum absolute atomic E-state index is 0. The first kappa shape index (κ1) is 35.8. The first-order valence-corrected chi connectivity index (χ1v) is 24.1. The molecule has 0 amide bonds. The zero-order valence-corrected chi connectivity index (χ0v) is 33.5. The molecular formula is C42H39FGeIrN2S-2. The summed E-state index contributed by atoms with van der Waals surface area (Å²) in [6, 6.07) is 40.6. The summed E-state index contributed by atoms with van der Waals surface area (Å²) in [4.78, 5) is 9.14. The summed E-state index contributed by atoms with van der Waals surface area (Å²) in [7, 11) is 0. The predicted octanol–water partition coefficient (Wildman–Crippen LogP) is 11.4. The van der Waals surface area contributed by atoms with Gasteiger partial charge in [-0.05, 0) is 63.0 Å². The van der Waals surface area contributed by atoms with E-state index < -0.39 is 13.3 Å². The van der Waals surface area contributed by atoms with Gasteiger partial charge in [0.25, 0.3) is 0 Å². The number of rotatable bonds is 5. The Morgan fingerprint density at radius 1 is 0.729 bits per heavy atom. The maximum Gasteiger partial charge on any atom is 0 e. The molecule has 7 rings (SSSR count). The van der Waals surface area contributed by atoms with Crippen LogP contribution in [-0.2, 0) is 26.5 Å². The molecule has 0 aliphatic rings. The molecule has 0 spiro atoms. The second-order valence-electron chi connectivity index (χ2n) is 14.2. The normalized spacial score (nSPS) is 11.6. The van der Waals surface area contributed by atoms with Crippen molar-refractivity contribution in [3.63, 3.8) is 0 Å². The Kier molecular flexibility index (Phi) is 11.2. The summed E-state index contributed by atoms with van der Waals surface area (Å²) in [5.74, 6) is 6.93. The van der Waals surface area contributed by atoms with Crippen molar-refractivity contribution in [3.05, 3.63) is 139 Å². The maximum atomic E-state index is 13.3. The van der Waals surface area contributed by atoms with Crippen LogP contribution in [0.2, 0.25) is 17.3 Å². The number of halogens is 1. The molecule has 3 heterocycles. The third-order valence-electron chi connectivity index (χ3n) is 8.03. The van der Waals surface area contributed by atoms with Gasteiger partial charge < -0.3 is 4.98 Å². The summed E-state index contributed by atoms with van der Waals surface area (Å²) in [6.45, 7) is 6.76. The van der Waals surface area contributed by atoms with Crippen LogP contribution in [0.15, 0.2) is 116 Å². The molecule has 7 aromatic rings. The topological polar surface area (TPSA) is 25.8 Å². The van der Waals surface area contributed by atoms with Gasteiger partial charge in [-0.25, -0.2) is 4.39 Å². The summed E-state index contributed by atoms with van der Waals surface area (Å²) in [5.41, 5.74) is 7.71. The largest absolute Gasteiger partial charge is 0 e. The second kappa shape index (κ2) is 15.0. The van der Waals surface area contributed by atoms with Crippen molar-refractivity contribution >= 4 is 49.2 Å². The van der Waals surface area contributed by atoms with Crippen LogP contribution < -0.4 is 4.40 Å². The number of aromatic nitrogens is 2. The minimum atomic E-state index is -1.72. The van der Waals surface area contributed by atoms with E-state index in [0.717, 1.165) is 40.1 Å². The number of hydrogen-bond acceptors (Lipinski definition) is 3. The number of thiophene rings is 1. The Labute approximate surface area is 304 Å². The van der Waals surface area contributed by atoms with Crippen molar-refractivity contribution in [3.8, 4) is 33.6 Å². The van der Waals surface area contributed by atoms with Gasteiger partial charge in [-0.3, -0.25) is 0 Å². The van der Waals surface area contributed by atoms with Crippen LogP contribution in [0.1, 0.15) is 26.3 Å². The van der Waals surface area contributed by atoms with E-state index in [1.54, 1.807) is 11.3 Å². The van der Waals surface area contributed by atoms with Crippen LogP contribution in [0.5, 0.6) is 0 Å². The van der Waals surface area contributed by atoms with E-state index in [0.29, 0.717) is 0 Å². The fourth-order valence-corrected chi connectivity index (χ4v) is 8.92. The van der Waals surface area contributed by atoms with E-state index in [9.17, 15) is 4.39 Å². The maximum absolute atomic E-state index is 13.3. The van der Waals surface area contributed by atoms with Crippen molar-refractivity contribution in [2.45, 2.75) is 44.5 Å². The first-order chi connectivity index (χ1) is 22.4. The number of nitrogens with zero attached hydrogens (tertiary/aromatic N) is 2. The number of hydrogen-bond donors (Lipinski definition) is 0. The van der Waals surface area contributed by atoms with E-state index >= 15 is 0 Å². The van der Waals surface area contributed by atoms with Crippen LogP contribution in [0.25, 0.3) is 53.8 Å². The quantitative estimate of drug-likeness (QED) is 0.127. The van der Waals surface area contributed by atoms with Crippen molar-refractivity contribution in [2.75, 3.05) is 0 Å². The van der Waals surface area contributed by atoms with Gasteiger partial charge in [0, 0.05) is 31.0 Å². The van der Waals surface area contributed by atoms with E-state index in [4.69, 9.17) is 0 Å². The molecule has 0 unspecified atom stereocenters. The van der Waals surface area contributed by atoms with Crippen LogP contribution >= 0.6 is 11.3 Å². The standard InChI is InChI=1S/C28H23FNS.C14H16GeN.Ir/c1-28(2,3)17-18-12-13-30-25(14-18)21-7-11-24-23-10-6-20(15-26(23)31-27(24)16-21)19-4-8-22(29)9-5-19;1-15(2,3)13-9-10-14(16-11-13)12-7-5-4-6-8-12;/h4-6,8-16H,17H2,1-3H3;4-7,9-11H,1-3H3;/q2*-1;. The number of benzene rings is 4. The summed E-state index contributed by atoms with van der Waals surface area (Å²) < 4.78 is 17.2. The molecule has 1 radical (unpaired) electrons. The van der Waals surface area contributed by atoms with E-state index in [2.05, 4.69) is 115 Å². The molecule has 0 aliphatic carbocycles. The third kappa shape index (κ3) is 8.75. The van der Waals surface area contributed by atoms with Crippen molar-refractivity contribution < 1.29 is 24.5 Å². The molecule has 4 aromatic carbocycles.